The molecule has 0 aromatic heterocycles. The number of ether oxygens (including phenoxy) is 1. The fraction of sp³-hybridized carbons (Fsp3) is 0.529. The number of carbonyl (C=O) groups is 2. The van der Waals surface area contributed by atoms with E-state index in [1.165, 1.54) is 6.07 Å². The minimum Gasteiger partial charge on any atom is -0.376 e. The lowest BCUT2D eigenvalue weighted by atomic mass is 10.0. The largest absolute Gasteiger partial charge is 0.418 e. The topological polar surface area (TPSA) is 67.4 Å². The first-order valence-corrected chi connectivity index (χ1v) is 8.68. The Morgan fingerprint density at radius 3 is 2.58 bits per heavy atom. The molecule has 2 N–H and O–H groups in total. The summed E-state index contributed by atoms with van der Waals surface area (Å²) < 4.78 is 44.8. The molecule has 1 heterocycles. The van der Waals surface area contributed by atoms with Crippen LogP contribution in [0.3, 0.4) is 0 Å². The van der Waals surface area contributed by atoms with Crippen LogP contribution < -0.4 is 10.6 Å². The van der Waals surface area contributed by atoms with Crippen LogP contribution in [0.25, 0.3) is 0 Å². The fourth-order valence-electron chi connectivity index (χ4n) is 2.97. The summed E-state index contributed by atoms with van der Waals surface area (Å²) in [5.41, 5.74) is -2.78. The Morgan fingerprint density at radius 2 is 2.00 bits per heavy atom. The monoisotopic (exact) mass is 390 g/mol. The summed E-state index contributed by atoms with van der Waals surface area (Å²) in [7, 11) is 0. The van der Waals surface area contributed by atoms with Crippen LogP contribution in [0.4, 0.5) is 18.9 Å². The zero-order chi connectivity index (χ0) is 18.9. The van der Waals surface area contributed by atoms with E-state index in [-0.39, 0.29) is 11.1 Å². The van der Waals surface area contributed by atoms with E-state index in [0.29, 0.717) is 26.0 Å². The van der Waals surface area contributed by atoms with Crippen LogP contribution >= 0.6 is 11.6 Å². The number of carbonyl (C=O) groups excluding carboxylic acids is 2. The van der Waals surface area contributed by atoms with Crippen LogP contribution in [-0.4, -0.2) is 31.1 Å². The summed E-state index contributed by atoms with van der Waals surface area (Å²) >= 11 is 5.63. The molecule has 1 atom stereocenters. The lowest BCUT2D eigenvalue weighted by Crippen LogP contribution is -2.42. The van der Waals surface area contributed by atoms with Crippen LogP contribution in [0.15, 0.2) is 18.2 Å². The number of nitrogens with one attached hydrogen (secondary N) is 2. The van der Waals surface area contributed by atoms with Gasteiger partial charge in [-0.3, -0.25) is 9.59 Å². The third kappa shape index (κ3) is 3.96. The zero-order valence-corrected chi connectivity index (χ0v) is 14.5. The molecule has 2 aliphatic rings. The Balaban J connectivity index is 1.68. The first kappa shape index (κ1) is 19.0. The maximum atomic E-state index is 13.1. The highest BCUT2D eigenvalue weighted by Crippen LogP contribution is 2.47. The van der Waals surface area contributed by atoms with Gasteiger partial charge in [0.2, 0.25) is 11.8 Å². The zero-order valence-electron chi connectivity index (χ0n) is 13.8. The highest BCUT2D eigenvalue weighted by molar-refractivity contribution is 6.30. The van der Waals surface area contributed by atoms with Crippen LogP contribution in [-0.2, 0) is 20.5 Å². The molecule has 26 heavy (non-hydrogen) atoms. The average molecular weight is 391 g/mol. The van der Waals surface area contributed by atoms with Crippen LogP contribution in [0.2, 0.25) is 5.02 Å². The fourth-order valence-corrected chi connectivity index (χ4v) is 3.14. The third-order valence-electron chi connectivity index (χ3n) is 4.67. The van der Waals surface area contributed by atoms with E-state index in [4.69, 9.17) is 16.3 Å². The van der Waals surface area contributed by atoms with Crippen LogP contribution in [0, 0.1) is 5.41 Å². The molecule has 1 aliphatic heterocycles. The number of hydrogen-bond donors (Lipinski definition) is 2. The Bertz CT molecular complexity index is 714. The van der Waals surface area contributed by atoms with Crippen molar-refractivity contribution < 1.29 is 27.5 Å². The van der Waals surface area contributed by atoms with E-state index in [0.717, 1.165) is 25.0 Å². The van der Waals surface area contributed by atoms with Crippen molar-refractivity contribution in [2.75, 3.05) is 18.5 Å². The molecule has 1 aliphatic carbocycles. The number of halogens is 4. The molecule has 0 radical (unpaired) electrons. The van der Waals surface area contributed by atoms with E-state index in [2.05, 4.69) is 10.6 Å². The van der Waals surface area contributed by atoms with E-state index in [1.54, 1.807) is 0 Å². The Labute approximate surface area is 153 Å². The number of alkyl halides is 3. The average Bonchev–Trinajstić information content (AvgIpc) is 3.23. The number of hydrogen-bond acceptors (Lipinski definition) is 3. The summed E-state index contributed by atoms with van der Waals surface area (Å²) in [5.74, 6) is -1.22. The van der Waals surface area contributed by atoms with E-state index < -0.39 is 34.7 Å². The van der Waals surface area contributed by atoms with Gasteiger partial charge in [-0.25, -0.2) is 0 Å². The quantitative estimate of drug-likeness (QED) is 0.757. The number of anilines is 1. The van der Waals surface area contributed by atoms with Crippen molar-refractivity contribution in [1.82, 2.24) is 5.32 Å². The number of rotatable bonds is 5. The van der Waals surface area contributed by atoms with Crippen molar-refractivity contribution in [1.29, 1.82) is 0 Å². The molecule has 1 saturated heterocycles. The predicted octanol–water partition coefficient (Wildman–Crippen LogP) is 3.37. The molecular weight excluding hydrogens is 373 g/mol. The lowest BCUT2D eigenvalue weighted by Gasteiger charge is -2.19. The van der Waals surface area contributed by atoms with Crippen molar-refractivity contribution in [3.05, 3.63) is 28.8 Å². The van der Waals surface area contributed by atoms with Crippen LogP contribution in [0.5, 0.6) is 0 Å². The van der Waals surface area contributed by atoms with Gasteiger partial charge in [0.15, 0.2) is 0 Å². The molecule has 142 valence electrons. The molecule has 3 rings (SSSR count). The molecule has 2 fully saturated rings. The van der Waals surface area contributed by atoms with Gasteiger partial charge >= 0.3 is 6.18 Å². The highest BCUT2D eigenvalue weighted by Gasteiger charge is 2.56. The summed E-state index contributed by atoms with van der Waals surface area (Å²) in [6.07, 6.45) is -2.41. The van der Waals surface area contributed by atoms with Gasteiger partial charge in [-0.15, -0.1) is 0 Å². The summed E-state index contributed by atoms with van der Waals surface area (Å²) in [5, 5.41) is 4.83. The molecule has 0 spiro atoms. The van der Waals surface area contributed by atoms with Crippen molar-refractivity contribution in [2.24, 2.45) is 5.41 Å². The Kier molecular flexibility index (Phi) is 5.16. The minimum atomic E-state index is -4.67. The predicted molar refractivity (Wildman–Crippen MR) is 88.7 cm³/mol. The molecule has 5 nitrogen and oxygen atoms in total. The van der Waals surface area contributed by atoms with Crippen LogP contribution in [0.1, 0.15) is 31.2 Å². The normalized spacial score (nSPS) is 21.3. The molecule has 9 heteroatoms. The van der Waals surface area contributed by atoms with Crippen molar-refractivity contribution >= 4 is 29.1 Å². The first-order valence-electron chi connectivity index (χ1n) is 8.30. The van der Waals surface area contributed by atoms with Gasteiger partial charge in [0.05, 0.1) is 17.4 Å². The highest BCUT2D eigenvalue weighted by atomic mass is 35.5. The van der Waals surface area contributed by atoms with Crippen molar-refractivity contribution in [3.63, 3.8) is 0 Å². The number of amides is 2. The summed E-state index contributed by atoms with van der Waals surface area (Å²) in [6.45, 7) is 0.936. The molecule has 1 aromatic carbocycles. The van der Waals surface area contributed by atoms with Gasteiger partial charge in [0.25, 0.3) is 0 Å². The standard InChI is InChI=1S/C17H18ClF3N2O3/c18-10-3-4-13(12(8-10)17(19,20)21)23-15(25)16(5-6-16)14(24)22-9-11-2-1-7-26-11/h3-4,8,11H,1-2,5-7,9H2,(H,22,24)(H,23,25). The minimum absolute atomic E-state index is 0.0779. The van der Waals surface area contributed by atoms with Gasteiger partial charge in [0.1, 0.15) is 5.41 Å². The van der Waals surface area contributed by atoms with E-state index in [1.807, 2.05) is 0 Å². The second-order valence-corrected chi connectivity index (χ2v) is 7.01. The van der Waals surface area contributed by atoms with Gasteiger partial charge in [-0.05, 0) is 43.9 Å². The second-order valence-electron chi connectivity index (χ2n) is 6.57. The van der Waals surface area contributed by atoms with E-state index >= 15 is 0 Å². The van der Waals surface area contributed by atoms with Crippen molar-refractivity contribution in [2.45, 2.75) is 38.0 Å². The first-order chi connectivity index (χ1) is 12.2. The Morgan fingerprint density at radius 1 is 1.27 bits per heavy atom. The molecular formula is C17H18ClF3N2O3. The smallest absolute Gasteiger partial charge is 0.376 e. The maximum absolute atomic E-state index is 13.1. The molecule has 1 unspecified atom stereocenters. The lowest BCUT2D eigenvalue weighted by molar-refractivity contribution is -0.137. The molecule has 0 bridgehead atoms. The maximum Gasteiger partial charge on any atom is 0.418 e. The van der Waals surface area contributed by atoms with E-state index in [9.17, 15) is 22.8 Å². The summed E-state index contributed by atoms with van der Waals surface area (Å²) in [4.78, 5) is 24.9. The van der Waals surface area contributed by atoms with Gasteiger partial charge < -0.3 is 15.4 Å². The number of benzene rings is 1. The Hall–Kier alpha value is -1.80. The second kappa shape index (κ2) is 7.08. The molecule has 1 saturated carbocycles. The van der Waals surface area contributed by atoms with Gasteiger partial charge in [-0.2, -0.15) is 13.2 Å². The molecule has 2 amide bonds. The third-order valence-corrected chi connectivity index (χ3v) is 4.90. The van der Waals surface area contributed by atoms with Gasteiger partial charge in [0, 0.05) is 18.2 Å². The van der Waals surface area contributed by atoms with Gasteiger partial charge in [-0.1, -0.05) is 11.6 Å². The molecule has 1 aromatic rings. The SMILES string of the molecule is O=C(NCC1CCCO1)C1(C(=O)Nc2ccc(Cl)cc2C(F)(F)F)CC1. The van der Waals surface area contributed by atoms with Crippen molar-refractivity contribution in [3.8, 4) is 0 Å². The summed E-state index contributed by atoms with van der Waals surface area (Å²) in [6, 6.07) is 3.08.